The second-order valence-electron chi connectivity index (χ2n) is 6.66. The third-order valence-corrected chi connectivity index (χ3v) is 4.43. The summed E-state index contributed by atoms with van der Waals surface area (Å²) < 4.78 is 9.94. The zero-order valence-electron chi connectivity index (χ0n) is 17.4. The van der Waals surface area contributed by atoms with E-state index in [0.717, 1.165) is 0 Å². The summed E-state index contributed by atoms with van der Waals surface area (Å²) in [5, 5.41) is 16.3. The summed E-state index contributed by atoms with van der Waals surface area (Å²) in [6, 6.07) is 18.2. The first-order valence-corrected chi connectivity index (χ1v) is 9.63. The molecule has 0 unspecified atom stereocenters. The molecule has 0 spiro atoms. The molecule has 0 saturated heterocycles. The number of nitrogens with one attached hydrogen (secondary N) is 2. The molecule has 0 aliphatic rings. The summed E-state index contributed by atoms with van der Waals surface area (Å²) in [4.78, 5) is 46.8. The van der Waals surface area contributed by atoms with Crippen molar-refractivity contribution in [2.45, 2.75) is 0 Å². The number of ether oxygens (including phenoxy) is 2. The van der Waals surface area contributed by atoms with Crippen LogP contribution in [0, 0.1) is 10.1 Å². The van der Waals surface area contributed by atoms with Gasteiger partial charge >= 0.3 is 5.97 Å². The molecular weight excluding hydrogens is 430 g/mol. The number of carbonyl (C=O) groups excluding carboxylic acids is 3. The van der Waals surface area contributed by atoms with Gasteiger partial charge in [-0.1, -0.05) is 12.1 Å². The number of hydrogen-bond donors (Lipinski definition) is 2. The molecule has 0 heterocycles. The predicted molar refractivity (Wildman–Crippen MR) is 119 cm³/mol. The molecule has 0 radical (unpaired) electrons. The van der Waals surface area contributed by atoms with Crippen molar-refractivity contribution >= 4 is 34.8 Å². The lowest BCUT2D eigenvalue weighted by molar-refractivity contribution is -0.385. The lowest BCUT2D eigenvalue weighted by Gasteiger charge is -2.09. The molecule has 3 rings (SSSR count). The second-order valence-corrected chi connectivity index (χ2v) is 6.66. The van der Waals surface area contributed by atoms with Crippen molar-refractivity contribution in [1.82, 2.24) is 0 Å². The summed E-state index contributed by atoms with van der Waals surface area (Å²) in [6.45, 7) is -0.634. The van der Waals surface area contributed by atoms with Gasteiger partial charge in [0.1, 0.15) is 11.3 Å². The number of nitro benzene ring substituents is 1. The molecular formula is C23H19N3O7. The second kappa shape index (κ2) is 10.5. The van der Waals surface area contributed by atoms with E-state index in [1.54, 1.807) is 31.4 Å². The quantitative estimate of drug-likeness (QED) is 0.304. The molecule has 0 saturated carbocycles. The number of rotatable bonds is 8. The van der Waals surface area contributed by atoms with Crippen LogP contribution in [0.4, 0.5) is 17.1 Å². The van der Waals surface area contributed by atoms with Crippen molar-refractivity contribution in [3.8, 4) is 5.75 Å². The lowest BCUT2D eigenvalue weighted by atomic mass is 10.2. The number of nitrogens with zero attached hydrogens (tertiary/aromatic N) is 1. The van der Waals surface area contributed by atoms with E-state index < -0.39 is 29.1 Å². The van der Waals surface area contributed by atoms with Crippen LogP contribution in [0.1, 0.15) is 20.7 Å². The molecule has 10 heteroatoms. The number of hydrogen-bond acceptors (Lipinski definition) is 7. The summed E-state index contributed by atoms with van der Waals surface area (Å²) in [5.41, 5.74) is 0.682. The molecule has 2 amide bonds. The topological polar surface area (TPSA) is 137 Å². The van der Waals surface area contributed by atoms with Crippen LogP contribution in [-0.2, 0) is 9.53 Å². The van der Waals surface area contributed by atoms with Crippen LogP contribution >= 0.6 is 0 Å². The van der Waals surface area contributed by atoms with Gasteiger partial charge in [-0.15, -0.1) is 0 Å². The van der Waals surface area contributed by atoms with Crippen molar-refractivity contribution in [3.63, 3.8) is 0 Å². The number of para-hydroxylation sites is 1. The van der Waals surface area contributed by atoms with E-state index in [4.69, 9.17) is 9.47 Å². The standard InChI is InChI=1S/C23H19N3O7/c1-32-18-12-10-17(11-13-18)25-22(28)15-6-8-16(9-7-15)24-21(27)14-33-23(29)19-4-2-3-5-20(19)26(30)31/h2-13H,14H2,1H3,(H,24,27)(H,25,28). The van der Waals surface area contributed by atoms with Gasteiger partial charge in [0.15, 0.2) is 6.61 Å². The van der Waals surface area contributed by atoms with Gasteiger partial charge in [-0.3, -0.25) is 19.7 Å². The molecule has 0 aliphatic carbocycles. The fourth-order valence-corrected chi connectivity index (χ4v) is 2.79. The first kappa shape index (κ1) is 22.9. The van der Waals surface area contributed by atoms with Crippen LogP contribution in [0.5, 0.6) is 5.75 Å². The number of amides is 2. The van der Waals surface area contributed by atoms with Gasteiger partial charge in [-0.2, -0.15) is 0 Å². The first-order chi connectivity index (χ1) is 15.9. The van der Waals surface area contributed by atoms with E-state index in [2.05, 4.69) is 10.6 Å². The molecule has 0 fully saturated rings. The average Bonchev–Trinajstić information content (AvgIpc) is 2.83. The zero-order valence-corrected chi connectivity index (χ0v) is 17.4. The van der Waals surface area contributed by atoms with Crippen molar-refractivity contribution in [2.24, 2.45) is 0 Å². The largest absolute Gasteiger partial charge is 0.497 e. The van der Waals surface area contributed by atoms with Gasteiger partial charge in [-0.25, -0.2) is 4.79 Å². The molecule has 0 bridgehead atoms. The van der Waals surface area contributed by atoms with E-state index in [1.807, 2.05) is 0 Å². The molecule has 33 heavy (non-hydrogen) atoms. The molecule has 10 nitrogen and oxygen atoms in total. The number of benzene rings is 3. The van der Waals surface area contributed by atoms with E-state index in [-0.39, 0.29) is 11.5 Å². The highest BCUT2D eigenvalue weighted by molar-refractivity contribution is 6.04. The van der Waals surface area contributed by atoms with Crippen molar-refractivity contribution in [1.29, 1.82) is 0 Å². The third-order valence-electron chi connectivity index (χ3n) is 4.43. The smallest absolute Gasteiger partial charge is 0.345 e. The Labute approximate surface area is 188 Å². The number of carbonyl (C=O) groups is 3. The molecule has 3 aromatic rings. The van der Waals surface area contributed by atoms with E-state index in [1.165, 1.54) is 48.5 Å². The molecule has 0 atom stereocenters. The minimum Gasteiger partial charge on any atom is -0.497 e. The average molecular weight is 449 g/mol. The number of anilines is 2. The van der Waals surface area contributed by atoms with Gasteiger partial charge in [0.25, 0.3) is 17.5 Å². The Morgan fingerprint density at radius 2 is 1.48 bits per heavy atom. The van der Waals surface area contributed by atoms with Gasteiger partial charge in [0.05, 0.1) is 12.0 Å². The Kier molecular flexibility index (Phi) is 7.32. The van der Waals surface area contributed by atoms with Crippen LogP contribution in [-0.4, -0.2) is 36.4 Å². The van der Waals surface area contributed by atoms with Gasteiger partial charge < -0.3 is 20.1 Å². The van der Waals surface area contributed by atoms with Crippen LogP contribution in [0.2, 0.25) is 0 Å². The molecule has 3 aromatic carbocycles. The zero-order chi connectivity index (χ0) is 23.8. The summed E-state index contributed by atoms with van der Waals surface area (Å²) in [7, 11) is 1.55. The predicted octanol–water partition coefficient (Wildman–Crippen LogP) is 3.65. The number of nitro groups is 1. The SMILES string of the molecule is COc1ccc(NC(=O)c2ccc(NC(=O)COC(=O)c3ccccc3[N+](=O)[O-])cc2)cc1. The van der Waals surface area contributed by atoms with Gasteiger partial charge in [0.2, 0.25) is 0 Å². The highest BCUT2D eigenvalue weighted by Gasteiger charge is 2.21. The normalized spacial score (nSPS) is 10.1. The van der Waals surface area contributed by atoms with E-state index in [9.17, 15) is 24.5 Å². The fraction of sp³-hybridized carbons (Fsp3) is 0.0870. The number of methoxy groups -OCH3 is 1. The summed E-state index contributed by atoms with van der Waals surface area (Å²) in [5.74, 6) is -1.29. The maximum atomic E-state index is 12.4. The maximum absolute atomic E-state index is 12.4. The van der Waals surface area contributed by atoms with Gasteiger partial charge in [0, 0.05) is 23.0 Å². The van der Waals surface area contributed by atoms with Crippen LogP contribution in [0.15, 0.2) is 72.8 Å². The van der Waals surface area contributed by atoms with E-state index >= 15 is 0 Å². The summed E-state index contributed by atoms with van der Waals surface area (Å²) >= 11 is 0. The highest BCUT2D eigenvalue weighted by Crippen LogP contribution is 2.19. The minimum absolute atomic E-state index is 0.248. The Hall–Kier alpha value is -4.73. The highest BCUT2D eigenvalue weighted by atomic mass is 16.6. The fourth-order valence-electron chi connectivity index (χ4n) is 2.79. The summed E-state index contributed by atoms with van der Waals surface area (Å²) in [6.07, 6.45) is 0. The third kappa shape index (κ3) is 6.14. The first-order valence-electron chi connectivity index (χ1n) is 9.63. The van der Waals surface area contributed by atoms with Crippen LogP contribution in [0.25, 0.3) is 0 Å². The Bertz CT molecular complexity index is 1180. The van der Waals surface area contributed by atoms with Crippen molar-refractivity contribution in [2.75, 3.05) is 24.4 Å². The number of esters is 1. The van der Waals surface area contributed by atoms with Crippen molar-refractivity contribution < 1.29 is 28.8 Å². The van der Waals surface area contributed by atoms with Crippen molar-refractivity contribution in [3.05, 3.63) is 94.0 Å². The Balaban J connectivity index is 1.53. The maximum Gasteiger partial charge on any atom is 0.345 e. The van der Waals surface area contributed by atoms with Crippen LogP contribution < -0.4 is 15.4 Å². The lowest BCUT2D eigenvalue weighted by Crippen LogP contribution is -2.21. The Morgan fingerprint density at radius 3 is 2.12 bits per heavy atom. The van der Waals surface area contributed by atoms with Crippen LogP contribution in [0.3, 0.4) is 0 Å². The van der Waals surface area contributed by atoms with E-state index in [0.29, 0.717) is 22.7 Å². The minimum atomic E-state index is -0.983. The molecule has 0 aromatic heterocycles. The molecule has 168 valence electrons. The Morgan fingerprint density at radius 1 is 0.879 bits per heavy atom. The monoisotopic (exact) mass is 449 g/mol. The van der Waals surface area contributed by atoms with Gasteiger partial charge in [-0.05, 0) is 54.6 Å². The molecule has 0 aliphatic heterocycles. The molecule has 2 N–H and O–H groups in total.